The van der Waals surface area contributed by atoms with Gasteiger partial charge in [0.25, 0.3) is 0 Å². The van der Waals surface area contributed by atoms with E-state index in [0.717, 1.165) is 41.2 Å². The third kappa shape index (κ3) is 1.89. The molecule has 100 valence electrons. The van der Waals surface area contributed by atoms with Crippen molar-refractivity contribution in [1.82, 2.24) is 4.98 Å². The number of hydrogen-bond acceptors (Lipinski definition) is 4. The minimum absolute atomic E-state index is 0.807. The fraction of sp³-hybridized carbons (Fsp3) is 0.533. The van der Waals surface area contributed by atoms with Crippen LogP contribution in [-0.4, -0.2) is 11.5 Å². The molecule has 2 saturated carbocycles. The van der Waals surface area contributed by atoms with Crippen molar-refractivity contribution < 1.29 is 0 Å². The molecule has 0 amide bonds. The van der Waals surface area contributed by atoms with Gasteiger partial charge in [-0.1, -0.05) is 6.42 Å². The number of anilines is 2. The standard InChI is InChI=1S/C15H19N3S/c16-14-12(3-4-13-15(14)18-8-19-13)17-7-11-6-9-1-2-10(11)5-9/h3-4,8-11,17H,1-2,5-7,16H2. The second-order valence-corrected chi connectivity index (χ2v) is 6.93. The lowest BCUT2D eigenvalue weighted by Crippen LogP contribution is -2.20. The summed E-state index contributed by atoms with van der Waals surface area (Å²) in [5.41, 5.74) is 10.9. The van der Waals surface area contributed by atoms with Crippen LogP contribution in [0.25, 0.3) is 10.2 Å². The van der Waals surface area contributed by atoms with Crippen LogP contribution in [-0.2, 0) is 0 Å². The lowest BCUT2D eigenvalue weighted by atomic mass is 9.89. The van der Waals surface area contributed by atoms with Gasteiger partial charge < -0.3 is 11.1 Å². The molecule has 2 aromatic rings. The predicted molar refractivity (Wildman–Crippen MR) is 81.5 cm³/mol. The molecular weight excluding hydrogens is 254 g/mol. The lowest BCUT2D eigenvalue weighted by Gasteiger charge is -2.22. The number of nitrogens with one attached hydrogen (secondary N) is 1. The summed E-state index contributed by atoms with van der Waals surface area (Å²) in [5.74, 6) is 2.82. The van der Waals surface area contributed by atoms with Crippen LogP contribution in [0.1, 0.15) is 25.7 Å². The Labute approximate surface area is 117 Å². The Bertz CT molecular complexity index is 606. The summed E-state index contributed by atoms with van der Waals surface area (Å²) >= 11 is 1.64. The van der Waals surface area contributed by atoms with Crippen LogP contribution >= 0.6 is 11.3 Å². The van der Waals surface area contributed by atoms with Crippen molar-refractivity contribution in [3.63, 3.8) is 0 Å². The zero-order chi connectivity index (χ0) is 12.8. The molecule has 3 unspecified atom stereocenters. The first-order chi connectivity index (χ1) is 9.31. The summed E-state index contributed by atoms with van der Waals surface area (Å²) in [5, 5.41) is 3.56. The number of rotatable bonds is 3. The molecule has 0 spiro atoms. The van der Waals surface area contributed by atoms with Crippen LogP contribution in [0, 0.1) is 17.8 Å². The number of nitrogens with zero attached hydrogens (tertiary/aromatic N) is 1. The molecule has 0 saturated heterocycles. The number of fused-ring (bicyclic) bond motifs is 3. The third-order valence-corrected chi connectivity index (χ3v) is 5.77. The molecular formula is C15H19N3S. The first-order valence-corrected chi connectivity index (χ1v) is 8.05. The highest BCUT2D eigenvalue weighted by atomic mass is 32.1. The van der Waals surface area contributed by atoms with E-state index in [4.69, 9.17) is 5.73 Å². The highest BCUT2D eigenvalue weighted by molar-refractivity contribution is 7.16. The minimum Gasteiger partial charge on any atom is -0.395 e. The fourth-order valence-corrected chi connectivity index (χ4v) is 4.67. The van der Waals surface area contributed by atoms with Crippen molar-refractivity contribution in [2.75, 3.05) is 17.6 Å². The molecule has 0 aliphatic heterocycles. The Balaban J connectivity index is 1.50. The zero-order valence-corrected chi connectivity index (χ0v) is 11.7. The second kappa shape index (κ2) is 4.37. The van der Waals surface area contributed by atoms with E-state index in [9.17, 15) is 0 Å². The van der Waals surface area contributed by atoms with Gasteiger partial charge in [0, 0.05) is 6.54 Å². The van der Waals surface area contributed by atoms with Gasteiger partial charge in [-0.15, -0.1) is 11.3 Å². The lowest BCUT2D eigenvalue weighted by molar-refractivity contribution is 0.348. The van der Waals surface area contributed by atoms with Crippen molar-refractivity contribution in [2.24, 2.45) is 17.8 Å². The van der Waals surface area contributed by atoms with E-state index in [1.54, 1.807) is 11.3 Å². The highest BCUT2D eigenvalue weighted by Gasteiger charge is 2.39. The van der Waals surface area contributed by atoms with Crippen molar-refractivity contribution >= 4 is 32.9 Å². The van der Waals surface area contributed by atoms with Gasteiger partial charge in [0.05, 0.1) is 21.6 Å². The molecule has 1 aromatic heterocycles. The van der Waals surface area contributed by atoms with Crippen molar-refractivity contribution in [3.8, 4) is 0 Å². The molecule has 19 heavy (non-hydrogen) atoms. The molecule has 4 heteroatoms. The summed E-state index contributed by atoms with van der Waals surface area (Å²) in [4.78, 5) is 4.35. The van der Waals surface area contributed by atoms with Gasteiger partial charge in [0.1, 0.15) is 5.52 Å². The van der Waals surface area contributed by atoms with E-state index in [-0.39, 0.29) is 0 Å². The molecule has 2 fully saturated rings. The Hall–Kier alpha value is -1.29. The predicted octanol–water partition coefficient (Wildman–Crippen LogP) is 3.73. The van der Waals surface area contributed by atoms with Gasteiger partial charge in [0.2, 0.25) is 0 Å². The summed E-state index contributed by atoms with van der Waals surface area (Å²) in [7, 11) is 0. The van der Waals surface area contributed by atoms with Gasteiger partial charge in [0.15, 0.2) is 0 Å². The number of benzene rings is 1. The first-order valence-electron chi connectivity index (χ1n) is 7.17. The summed E-state index contributed by atoms with van der Waals surface area (Å²) < 4.78 is 1.17. The number of aromatic nitrogens is 1. The van der Waals surface area contributed by atoms with E-state index in [1.165, 1.54) is 30.4 Å². The average molecular weight is 273 g/mol. The molecule has 3 N–H and O–H groups in total. The number of hydrogen-bond donors (Lipinski definition) is 2. The van der Waals surface area contributed by atoms with E-state index in [1.807, 2.05) is 5.51 Å². The molecule has 2 aliphatic rings. The maximum absolute atomic E-state index is 6.21. The number of thiazole rings is 1. The first kappa shape index (κ1) is 11.5. The van der Waals surface area contributed by atoms with Gasteiger partial charge in [-0.2, -0.15) is 0 Å². The monoisotopic (exact) mass is 273 g/mol. The third-order valence-electron chi connectivity index (χ3n) is 4.98. The van der Waals surface area contributed by atoms with Crippen LogP contribution in [0.15, 0.2) is 17.6 Å². The summed E-state index contributed by atoms with van der Waals surface area (Å²) in [6.45, 7) is 1.07. The van der Waals surface area contributed by atoms with E-state index in [0.29, 0.717) is 0 Å². The topological polar surface area (TPSA) is 50.9 Å². The maximum Gasteiger partial charge on any atom is 0.106 e. The largest absolute Gasteiger partial charge is 0.395 e. The SMILES string of the molecule is Nc1c(NCC2CC3CCC2C3)ccc2scnc12. The molecule has 4 rings (SSSR count). The Morgan fingerprint density at radius 2 is 2.26 bits per heavy atom. The van der Waals surface area contributed by atoms with E-state index >= 15 is 0 Å². The Kier molecular flexibility index (Phi) is 2.65. The molecule has 2 aliphatic carbocycles. The molecule has 1 aromatic carbocycles. The fourth-order valence-electron chi connectivity index (χ4n) is 3.97. The van der Waals surface area contributed by atoms with Crippen LogP contribution < -0.4 is 11.1 Å². The second-order valence-electron chi connectivity index (χ2n) is 6.04. The molecule has 2 bridgehead atoms. The average Bonchev–Trinajstić information content (AvgIpc) is 3.13. The normalized spacial score (nSPS) is 29.2. The zero-order valence-electron chi connectivity index (χ0n) is 10.9. The minimum atomic E-state index is 0.807. The van der Waals surface area contributed by atoms with Gasteiger partial charge in [-0.25, -0.2) is 4.98 Å². The van der Waals surface area contributed by atoms with Crippen molar-refractivity contribution in [3.05, 3.63) is 17.6 Å². The highest BCUT2D eigenvalue weighted by Crippen LogP contribution is 2.48. The van der Waals surface area contributed by atoms with Crippen LogP contribution in [0.5, 0.6) is 0 Å². The van der Waals surface area contributed by atoms with Crippen molar-refractivity contribution in [1.29, 1.82) is 0 Å². The smallest absolute Gasteiger partial charge is 0.106 e. The van der Waals surface area contributed by atoms with Gasteiger partial charge in [-0.05, 0) is 49.1 Å². The molecule has 1 heterocycles. The van der Waals surface area contributed by atoms with Gasteiger partial charge in [-0.3, -0.25) is 0 Å². The van der Waals surface area contributed by atoms with Crippen LogP contribution in [0.4, 0.5) is 11.4 Å². The van der Waals surface area contributed by atoms with E-state index < -0.39 is 0 Å². The summed E-state index contributed by atoms with van der Waals surface area (Å²) in [6.07, 6.45) is 5.79. The van der Waals surface area contributed by atoms with Crippen molar-refractivity contribution in [2.45, 2.75) is 25.7 Å². The Morgan fingerprint density at radius 1 is 1.32 bits per heavy atom. The molecule has 3 nitrogen and oxygen atoms in total. The van der Waals surface area contributed by atoms with Crippen LogP contribution in [0.3, 0.4) is 0 Å². The van der Waals surface area contributed by atoms with Crippen LogP contribution in [0.2, 0.25) is 0 Å². The molecule has 3 atom stereocenters. The Morgan fingerprint density at radius 3 is 3.05 bits per heavy atom. The van der Waals surface area contributed by atoms with E-state index in [2.05, 4.69) is 22.4 Å². The maximum atomic E-state index is 6.21. The molecule has 0 radical (unpaired) electrons. The van der Waals surface area contributed by atoms with Gasteiger partial charge >= 0.3 is 0 Å². The quantitative estimate of drug-likeness (QED) is 0.838. The number of nitrogens with two attached hydrogens (primary N) is 1. The number of nitrogen functional groups attached to an aromatic ring is 1. The summed E-state index contributed by atoms with van der Waals surface area (Å²) in [6, 6.07) is 4.22.